The van der Waals surface area contributed by atoms with E-state index in [1.807, 2.05) is 34.9 Å². The SMILES string of the molecule is Cc1cc2ccccc2n1-c1ncnc(NCc2ccccc2)n1. The zero-order valence-electron chi connectivity index (χ0n) is 13.3. The molecule has 2 aromatic heterocycles. The largest absolute Gasteiger partial charge is 0.350 e. The highest BCUT2D eigenvalue weighted by molar-refractivity contribution is 5.82. The van der Waals surface area contributed by atoms with Crippen LogP contribution in [0.3, 0.4) is 0 Å². The zero-order chi connectivity index (χ0) is 16.4. The Bertz CT molecular complexity index is 975. The first-order valence-electron chi connectivity index (χ1n) is 7.85. The summed E-state index contributed by atoms with van der Waals surface area (Å²) in [5, 5.41) is 4.43. The predicted molar refractivity (Wildman–Crippen MR) is 95.2 cm³/mol. The van der Waals surface area contributed by atoms with Crippen LogP contribution in [0.4, 0.5) is 5.95 Å². The van der Waals surface area contributed by atoms with Crippen LogP contribution in [-0.4, -0.2) is 19.5 Å². The normalized spacial score (nSPS) is 10.9. The number of benzene rings is 2. The quantitative estimate of drug-likeness (QED) is 0.623. The van der Waals surface area contributed by atoms with Gasteiger partial charge in [-0.1, -0.05) is 48.5 Å². The summed E-state index contributed by atoms with van der Waals surface area (Å²) in [5.74, 6) is 1.19. The number of hydrogen-bond donors (Lipinski definition) is 1. The molecule has 0 spiro atoms. The molecule has 0 aliphatic rings. The lowest BCUT2D eigenvalue weighted by atomic mass is 10.2. The molecule has 0 atom stereocenters. The molecule has 0 unspecified atom stereocenters. The van der Waals surface area contributed by atoms with Crippen LogP contribution in [0.1, 0.15) is 11.3 Å². The summed E-state index contributed by atoms with van der Waals surface area (Å²) in [7, 11) is 0. The number of para-hydroxylation sites is 1. The first-order chi connectivity index (χ1) is 11.8. The van der Waals surface area contributed by atoms with E-state index in [1.165, 1.54) is 10.9 Å². The maximum atomic E-state index is 4.57. The Morgan fingerprint density at radius 2 is 1.75 bits per heavy atom. The molecule has 0 aliphatic heterocycles. The van der Waals surface area contributed by atoms with Gasteiger partial charge in [-0.15, -0.1) is 0 Å². The molecule has 5 heteroatoms. The lowest BCUT2D eigenvalue weighted by Gasteiger charge is -2.09. The molecule has 0 saturated carbocycles. The van der Waals surface area contributed by atoms with Crippen molar-refractivity contribution in [3.8, 4) is 5.95 Å². The highest BCUT2D eigenvalue weighted by Crippen LogP contribution is 2.22. The van der Waals surface area contributed by atoms with Gasteiger partial charge in [0.05, 0.1) is 5.52 Å². The molecular formula is C19H17N5. The fourth-order valence-electron chi connectivity index (χ4n) is 2.82. The van der Waals surface area contributed by atoms with Gasteiger partial charge in [0.25, 0.3) is 0 Å². The van der Waals surface area contributed by atoms with E-state index in [-0.39, 0.29) is 0 Å². The molecule has 118 valence electrons. The van der Waals surface area contributed by atoms with Gasteiger partial charge in [-0.25, -0.2) is 9.97 Å². The van der Waals surface area contributed by atoms with Crippen molar-refractivity contribution in [3.05, 3.63) is 78.2 Å². The molecule has 0 fully saturated rings. The monoisotopic (exact) mass is 315 g/mol. The smallest absolute Gasteiger partial charge is 0.239 e. The van der Waals surface area contributed by atoms with Crippen molar-refractivity contribution in [2.24, 2.45) is 0 Å². The summed E-state index contributed by atoms with van der Waals surface area (Å²) in [6.45, 7) is 2.73. The molecule has 24 heavy (non-hydrogen) atoms. The Morgan fingerprint density at radius 3 is 2.62 bits per heavy atom. The van der Waals surface area contributed by atoms with Gasteiger partial charge in [0.1, 0.15) is 6.33 Å². The molecule has 0 saturated heterocycles. The second-order valence-electron chi connectivity index (χ2n) is 5.63. The van der Waals surface area contributed by atoms with Crippen LogP contribution in [0.15, 0.2) is 67.0 Å². The highest BCUT2D eigenvalue weighted by Gasteiger charge is 2.10. The Hall–Kier alpha value is -3.21. The van der Waals surface area contributed by atoms with Crippen molar-refractivity contribution in [2.75, 3.05) is 5.32 Å². The van der Waals surface area contributed by atoms with E-state index in [0.717, 1.165) is 11.2 Å². The van der Waals surface area contributed by atoms with Gasteiger partial charge in [0.15, 0.2) is 0 Å². The molecule has 1 N–H and O–H groups in total. The van der Waals surface area contributed by atoms with E-state index >= 15 is 0 Å². The van der Waals surface area contributed by atoms with Crippen molar-refractivity contribution in [2.45, 2.75) is 13.5 Å². The van der Waals surface area contributed by atoms with Gasteiger partial charge in [0.2, 0.25) is 11.9 Å². The number of nitrogens with one attached hydrogen (secondary N) is 1. The van der Waals surface area contributed by atoms with Crippen molar-refractivity contribution in [3.63, 3.8) is 0 Å². The number of fused-ring (bicyclic) bond motifs is 1. The number of hydrogen-bond acceptors (Lipinski definition) is 4. The average Bonchev–Trinajstić information content (AvgIpc) is 2.97. The Morgan fingerprint density at radius 1 is 0.958 bits per heavy atom. The summed E-state index contributed by atoms with van der Waals surface area (Å²) in [6.07, 6.45) is 1.55. The second kappa shape index (κ2) is 6.12. The summed E-state index contributed by atoms with van der Waals surface area (Å²) < 4.78 is 2.05. The molecule has 5 nitrogen and oxygen atoms in total. The predicted octanol–water partition coefficient (Wildman–Crippen LogP) is 3.74. The van der Waals surface area contributed by atoms with E-state index < -0.39 is 0 Å². The molecular weight excluding hydrogens is 298 g/mol. The first-order valence-corrected chi connectivity index (χ1v) is 7.85. The Balaban J connectivity index is 1.66. The standard InChI is InChI=1S/C19H17N5/c1-14-11-16-9-5-6-10-17(16)24(14)19-22-13-21-18(23-19)20-12-15-7-3-2-4-8-15/h2-11,13H,12H2,1H3,(H,20,21,22,23). The van der Waals surface area contributed by atoms with Crippen LogP contribution in [0, 0.1) is 6.92 Å². The number of anilines is 1. The maximum absolute atomic E-state index is 4.57. The molecule has 0 aliphatic carbocycles. The number of nitrogens with zero attached hydrogens (tertiary/aromatic N) is 4. The lowest BCUT2D eigenvalue weighted by molar-refractivity contribution is 0.891. The van der Waals surface area contributed by atoms with Crippen LogP contribution < -0.4 is 5.32 Å². The Labute approximate surface area is 140 Å². The summed E-state index contributed by atoms with van der Waals surface area (Å²) in [4.78, 5) is 13.1. The van der Waals surface area contributed by atoms with Gasteiger partial charge >= 0.3 is 0 Å². The Kier molecular flexibility index (Phi) is 3.67. The van der Waals surface area contributed by atoms with Crippen LogP contribution in [-0.2, 0) is 6.54 Å². The molecule has 4 aromatic rings. The van der Waals surface area contributed by atoms with E-state index in [1.54, 1.807) is 6.33 Å². The topological polar surface area (TPSA) is 55.6 Å². The van der Waals surface area contributed by atoms with Gasteiger partial charge in [-0.2, -0.15) is 4.98 Å². The minimum Gasteiger partial charge on any atom is -0.350 e. The summed E-state index contributed by atoms with van der Waals surface area (Å²) in [6, 6.07) is 20.5. The highest BCUT2D eigenvalue weighted by atomic mass is 15.2. The number of rotatable bonds is 4. The molecule has 4 rings (SSSR count). The maximum Gasteiger partial charge on any atom is 0.239 e. The van der Waals surface area contributed by atoms with E-state index in [2.05, 4.69) is 57.5 Å². The van der Waals surface area contributed by atoms with Crippen LogP contribution in [0.2, 0.25) is 0 Å². The summed E-state index contributed by atoms with van der Waals surface area (Å²) in [5.41, 5.74) is 3.37. The summed E-state index contributed by atoms with van der Waals surface area (Å²) >= 11 is 0. The third-order valence-electron chi connectivity index (χ3n) is 3.95. The molecule has 0 amide bonds. The van der Waals surface area contributed by atoms with E-state index in [9.17, 15) is 0 Å². The fraction of sp³-hybridized carbons (Fsp3) is 0.105. The number of aromatic nitrogens is 4. The van der Waals surface area contributed by atoms with Crippen LogP contribution in [0.25, 0.3) is 16.9 Å². The minimum absolute atomic E-state index is 0.570. The van der Waals surface area contributed by atoms with Gasteiger partial charge in [0, 0.05) is 17.6 Å². The zero-order valence-corrected chi connectivity index (χ0v) is 13.3. The van der Waals surface area contributed by atoms with Crippen LogP contribution >= 0.6 is 0 Å². The second-order valence-corrected chi connectivity index (χ2v) is 5.63. The third kappa shape index (κ3) is 2.72. The van der Waals surface area contributed by atoms with E-state index in [0.29, 0.717) is 18.4 Å². The van der Waals surface area contributed by atoms with Gasteiger partial charge in [-0.05, 0) is 24.6 Å². The van der Waals surface area contributed by atoms with E-state index in [4.69, 9.17) is 0 Å². The molecule has 2 heterocycles. The van der Waals surface area contributed by atoms with Gasteiger partial charge in [-0.3, -0.25) is 4.57 Å². The molecule has 2 aromatic carbocycles. The lowest BCUT2D eigenvalue weighted by Crippen LogP contribution is -2.08. The fourth-order valence-corrected chi connectivity index (χ4v) is 2.82. The molecule has 0 bridgehead atoms. The first kappa shape index (κ1) is 14.4. The minimum atomic E-state index is 0.570. The van der Waals surface area contributed by atoms with Crippen molar-refractivity contribution in [1.82, 2.24) is 19.5 Å². The number of aryl methyl sites for hydroxylation is 1. The van der Waals surface area contributed by atoms with Crippen molar-refractivity contribution in [1.29, 1.82) is 0 Å². The van der Waals surface area contributed by atoms with Crippen molar-refractivity contribution < 1.29 is 0 Å². The van der Waals surface area contributed by atoms with Crippen molar-refractivity contribution >= 4 is 16.9 Å². The third-order valence-corrected chi connectivity index (χ3v) is 3.95. The van der Waals surface area contributed by atoms with Crippen LogP contribution in [0.5, 0.6) is 0 Å². The molecule has 0 radical (unpaired) electrons. The average molecular weight is 315 g/mol. The van der Waals surface area contributed by atoms with Gasteiger partial charge < -0.3 is 5.32 Å².